The van der Waals surface area contributed by atoms with Gasteiger partial charge in [0.25, 0.3) is 0 Å². The van der Waals surface area contributed by atoms with Crippen molar-refractivity contribution < 1.29 is 0 Å². The molecule has 2 rings (SSSR count). The lowest BCUT2D eigenvalue weighted by molar-refractivity contribution is 0.857. The van der Waals surface area contributed by atoms with Crippen molar-refractivity contribution in [1.29, 1.82) is 0 Å². The maximum absolute atomic E-state index is 6.12. The number of hydrogen-bond donors (Lipinski definition) is 0. The third kappa shape index (κ3) is 1.64. The highest BCUT2D eigenvalue weighted by atomic mass is 35.5. The highest BCUT2D eigenvalue weighted by Crippen LogP contribution is 2.32. The quantitative estimate of drug-likeness (QED) is 0.702. The monoisotopic (exact) mass is 225 g/mol. The smallest absolute Gasteiger partial charge is 0.100 e. The van der Waals surface area contributed by atoms with Gasteiger partial charge in [0.1, 0.15) is 5.52 Å². The van der Waals surface area contributed by atoms with Crippen molar-refractivity contribution in [2.24, 2.45) is 0 Å². The fraction of sp³-hybridized carbons (Fsp3) is 0.364. The van der Waals surface area contributed by atoms with Crippen molar-refractivity contribution in [1.82, 2.24) is 4.98 Å². The summed E-state index contributed by atoms with van der Waals surface area (Å²) in [5, 5.41) is 1.93. The molecule has 0 saturated carbocycles. The van der Waals surface area contributed by atoms with Gasteiger partial charge in [0.05, 0.1) is 14.7 Å². The van der Waals surface area contributed by atoms with E-state index in [0.717, 1.165) is 15.5 Å². The van der Waals surface area contributed by atoms with E-state index in [-0.39, 0.29) is 0 Å². The van der Waals surface area contributed by atoms with Crippen molar-refractivity contribution in [2.45, 2.75) is 26.7 Å². The Balaban J connectivity index is 2.70. The van der Waals surface area contributed by atoms with Crippen molar-refractivity contribution in [3.8, 4) is 0 Å². The summed E-state index contributed by atoms with van der Waals surface area (Å²) in [5.41, 5.74) is 2.15. The molecule has 14 heavy (non-hydrogen) atoms. The van der Waals surface area contributed by atoms with Crippen LogP contribution in [-0.4, -0.2) is 4.98 Å². The highest BCUT2D eigenvalue weighted by Gasteiger charge is 2.10. The van der Waals surface area contributed by atoms with Crippen LogP contribution in [0.15, 0.2) is 12.1 Å². The van der Waals surface area contributed by atoms with Gasteiger partial charge in [-0.1, -0.05) is 25.4 Å². The number of rotatable bonds is 1. The SMILES string of the molecule is Cc1cc(Cl)c2nc(C(C)C)sc2c1. The van der Waals surface area contributed by atoms with Gasteiger partial charge in [-0.15, -0.1) is 11.3 Å². The predicted octanol–water partition coefficient (Wildman–Crippen LogP) is 4.38. The normalized spacial score (nSPS) is 11.5. The second kappa shape index (κ2) is 3.52. The molecule has 0 spiro atoms. The van der Waals surface area contributed by atoms with E-state index >= 15 is 0 Å². The van der Waals surface area contributed by atoms with Crippen LogP contribution in [0.3, 0.4) is 0 Å². The molecule has 0 aliphatic heterocycles. The summed E-state index contributed by atoms with van der Waals surface area (Å²) in [6.45, 7) is 6.36. The number of benzene rings is 1. The van der Waals surface area contributed by atoms with Crippen LogP contribution in [0.1, 0.15) is 30.3 Å². The number of aryl methyl sites for hydroxylation is 1. The largest absolute Gasteiger partial charge is 0.239 e. The lowest BCUT2D eigenvalue weighted by atomic mass is 10.2. The van der Waals surface area contributed by atoms with Crippen LogP contribution < -0.4 is 0 Å². The molecule has 0 N–H and O–H groups in total. The molecule has 3 heteroatoms. The number of nitrogens with zero attached hydrogens (tertiary/aromatic N) is 1. The molecule has 0 aliphatic carbocycles. The molecule has 0 fully saturated rings. The zero-order valence-corrected chi connectivity index (χ0v) is 10.0. The van der Waals surface area contributed by atoms with E-state index in [1.165, 1.54) is 10.3 Å². The Morgan fingerprint density at radius 2 is 2.07 bits per heavy atom. The Labute approximate surface area is 92.7 Å². The Morgan fingerprint density at radius 3 is 2.71 bits per heavy atom. The summed E-state index contributed by atoms with van der Waals surface area (Å²) in [7, 11) is 0. The Bertz CT molecular complexity index is 473. The van der Waals surface area contributed by atoms with Gasteiger partial charge >= 0.3 is 0 Å². The fourth-order valence-corrected chi connectivity index (χ4v) is 2.85. The third-order valence-electron chi connectivity index (χ3n) is 2.10. The summed E-state index contributed by atoms with van der Waals surface area (Å²) < 4.78 is 1.19. The van der Waals surface area contributed by atoms with Gasteiger partial charge in [-0.2, -0.15) is 0 Å². The number of fused-ring (bicyclic) bond motifs is 1. The molecule has 0 saturated heterocycles. The molecule has 0 bridgehead atoms. The van der Waals surface area contributed by atoms with Gasteiger partial charge in [-0.25, -0.2) is 4.98 Å². The lowest BCUT2D eigenvalue weighted by Gasteiger charge is -1.95. The first-order valence-corrected chi connectivity index (χ1v) is 5.84. The van der Waals surface area contributed by atoms with E-state index in [1.807, 2.05) is 6.07 Å². The van der Waals surface area contributed by atoms with Crippen LogP contribution >= 0.6 is 22.9 Å². The van der Waals surface area contributed by atoms with Gasteiger partial charge in [0.2, 0.25) is 0 Å². The van der Waals surface area contributed by atoms with E-state index in [0.29, 0.717) is 5.92 Å². The Hall–Kier alpha value is -0.600. The lowest BCUT2D eigenvalue weighted by Crippen LogP contribution is -1.83. The van der Waals surface area contributed by atoms with E-state index in [1.54, 1.807) is 11.3 Å². The fourth-order valence-electron chi connectivity index (χ4n) is 1.38. The van der Waals surface area contributed by atoms with Crippen molar-refractivity contribution >= 4 is 33.2 Å². The van der Waals surface area contributed by atoms with E-state index < -0.39 is 0 Å². The molecule has 1 aromatic heterocycles. The molecule has 2 aromatic rings. The second-order valence-corrected chi connectivity index (χ2v) is 5.27. The molecule has 1 heterocycles. The van der Waals surface area contributed by atoms with Crippen LogP contribution in [0, 0.1) is 6.92 Å². The molecule has 74 valence electrons. The van der Waals surface area contributed by atoms with Gasteiger partial charge < -0.3 is 0 Å². The molecule has 0 unspecified atom stereocenters. The van der Waals surface area contributed by atoms with Crippen LogP contribution in [0.5, 0.6) is 0 Å². The number of hydrogen-bond acceptors (Lipinski definition) is 2. The molecule has 0 aliphatic rings. The molecular weight excluding hydrogens is 214 g/mol. The van der Waals surface area contributed by atoms with Gasteiger partial charge in [-0.3, -0.25) is 0 Å². The zero-order chi connectivity index (χ0) is 10.3. The van der Waals surface area contributed by atoms with Crippen molar-refractivity contribution in [3.05, 3.63) is 27.7 Å². The molecule has 0 amide bonds. The predicted molar refractivity (Wildman–Crippen MR) is 63.5 cm³/mol. The first-order chi connectivity index (χ1) is 6.58. The molecule has 1 nitrogen and oxygen atoms in total. The summed E-state index contributed by atoms with van der Waals surface area (Å²) in [4.78, 5) is 4.54. The van der Waals surface area contributed by atoms with Crippen molar-refractivity contribution in [3.63, 3.8) is 0 Å². The van der Waals surface area contributed by atoms with Crippen LogP contribution in [0.2, 0.25) is 5.02 Å². The number of aromatic nitrogens is 1. The zero-order valence-electron chi connectivity index (χ0n) is 8.47. The van der Waals surface area contributed by atoms with Crippen LogP contribution in [-0.2, 0) is 0 Å². The highest BCUT2D eigenvalue weighted by molar-refractivity contribution is 7.18. The first kappa shape index (κ1) is 9.94. The minimum Gasteiger partial charge on any atom is -0.239 e. The topological polar surface area (TPSA) is 12.9 Å². The van der Waals surface area contributed by atoms with E-state index in [4.69, 9.17) is 11.6 Å². The maximum Gasteiger partial charge on any atom is 0.100 e. The van der Waals surface area contributed by atoms with Gasteiger partial charge in [-0.05, 0) is 24.6 Å². The van der Waals surface area contributed by atoms with Crippen LogP contribution in [0.25, 0.3) is 10.2 Å². The third-order valence-corrected chi connectivity index (χ3v) is 3.69. The van der Waals surface area contributed by atoms with Crippen LogP contribution in [0.4, 0.5) is 0 Å². The molecule has 1 aromatic carbocycles. The number of thiazole rings is 1. The summed E-state index contributed by atoms with van der Waals surface area (Å²) in [5.74, 6) is 0.476. The van der Waals surface area contributed by atoms with Gasteiger partial charge in [0, 0.05) is 5.92 Å². The number of halogens is 1. The first-order valence-electron chi connectivity index (χ1n) is 4.64. The second-order valence-electron chi connectivity index (χ2n) is 3.80. The maximum atomic E-state index is 6.12. The molecular formula is C11H12ClNS. The summed E-state index contributed by atoms with van der Waals surface area (Å²) >= 11 is 7.86. The average molecular weight is 226 g/mol. The summed E-state index contributed by atoms with van der Waals surface area (Å²) in [6.07, 6.45) is 0. The van der Waals surface area contributed by atoms with Crippen molar-refractivity contribution in [2.75, 3.05) is 0 Å². The minimum absolute atomic E-state index is 0.476. The molecule has 0 atom stereocenters. The standard InChI is InChI=1S/C11H12ClNS/c1-6(2)11-13-10-8(12)4-7(3)5-9(10)14-11/h4-6H,1-3H3. The van der Waals surface area contributed by atoms with E-state index in [9.17, 15) is 0 Å². The van der Waals surface area contributed by atoms with E-state index in [2.05, 4.69) is 31.8 Å². The molecule has 0 radical (unpaired) electrons. The minimum atomic E-state index is 0.476. The summed E-state index contributed by atoms with van der Waals surface area (Å²) in [6, 6.07) is 4.11. The Kier molecular flexibility index (Phi) is 2.50. The van der Waals surface area contributed by atoms with Gasteiger partial charge in [0.15, 0.2) is 0 Å². The Morgan fingerprint density at radius 1 is 1.36 bits per heavy atom. The average Bonchev–Trinajstić information content (AvgIpc) is 2.47.